The molecule has 2 aromatic rings. The van der Waals surface area contributed by atoms with Crippen molar-refractivity contribution in [2.45, 2.75) is 24.5 Å². The van der Waals surface area contributed by atoms with Gasteiger partial charge in [0, 0.05) is 19.2 Å². The van der Waals surface area contributed by atoms with Gasteiger partial charge in [0.2, 0.25) is 10.0 Å². The Labute approximate surface area is 157 Å². The summed E-state index contributed by atoms with van der Waals surface area (Å²) in [6.07, 6.45) is 0. The van der Waals surface area contributed by atoms with E-state index in [0.29, 0.717) is 24.6 Å². The lowest BCUT2D eigenvalue weighted by molar-refractivity contribution is -0.132. The number of amides is 1. The third-order valence-electron chi connectivity index (χ3n) is 4.36. The minimum absolute atomic E-state index is 0.0599. The SMILES string of the molecule is C[C@H](C(=O)NO)N1CCNc2cc(OCc3ccccc3)ccc2S1(=O)=O. The van der Waals surface area contributed by atoms with Gasteiger partial charge in [0.25, 0.3) is 5.91 Å². The largest absolute Gasteiger partial charge is 0.489 e. The molecule has 1 atom stereocenters. The molecule has 0 unspecified atom stereocenters. The Bertz CT molecular complexity index is 918. The van der Waals surface area contributed by atoms with Crippen LogP contribution in [0.4, 0.5) is 5.69 Å². The van der Waals surface area contributed by atoms with E-state index in [9.17, 15) is 13.2 Å². The third-order valence-corrected chi connectivity index (χ3v) is 6.38. The lowest BCUT2D eigenvalue weighted by Crippen LogP contribution is -2.47. The Hall–Kier alpha value is -2.62. The van der Waals surface area contributed by atoms with Crippen molar-refractivity contribution in [3.05, 3.63) is 54.1 Å². The maximum atomic E-state index is 13.0. The maximum Gasteiger partial charge on any atom is 0.261 e. The molecule has 1 amide bonds. The fourth-order valence-corrected chi connectivity index (χ4v) is 4.62. The highest BCUT2D eigenvalue weighted by Crippen LogP contribution is 2.32. The number of hydroxylamine groups is 1. The monoisotopic (exact) mass is 391 g/mol. The molecule has 0 fully saturated rings. The number of rotatable bonds is 5. The van der Waals surface area contributed by atoms with E-state index in [2.05, 4.69) is 5.32 Å². The first kappa shape index (κ1) is 19.2. The van der Waals surface area contributed by atoms with Crippen molar-refractivity contribution < 1.29 is 23.2 Å². The fraction of sp³-hybridized carbons (Fsp3) is 0.278. The van der Waals surface area contributed by atoms with Gasteiger partial charge in [-0.3, -0.25) is 10.0 Å². The number of nitrogens with one attached hydrogen (secondary N) is 2. The van der Waals surface area contributed by atoms with Gasteiger partial charge in [-0.15, -0.1) is 0 Å². The molecule has 8 nitrogen and oxygen atoms in total. The molecule has 9 heteroatoms. The maximum absolute atomic E-state index is 13.0. The first-order valence-corrected chi connectivity index (χ1v) is 9.88. The fourth-order valence-electron chi connectivity index (χ4n) is 2.88. The second-order valence-corrected chi connectivity index (χ2v) is 7.99. The first-order chi connectivity index (χ1) is 12.9. The molecule has 0 radical (unpaired) electrons. The molecule has 0 saturated carbocycles. The molecular formula is C18H21N3O5S. The van der Waals surface area contributed by atoms with E-state index in [0.717, 1.165) is 9.87 Å². The predicted octanol–water partition coefficient (Wildman–Crippen LogP) is 1.58. The van der Waals surface area contributed by atoms with Gasteiger partial charge < -0.3 is 10.1 Å². The molecule has 0 aliphatic carbocycles. The summed E-state index contributed by atoms with van der Waals surface area (Å²) in [5.74, 6) is -0.250. The summed E-state index contributed by atoms with van der Waals surface area (Å²) in [6, 6.07) is 13.3. The Morgan fingerprint density at radius 3 is 2.74 bits per heavy atom. The highest BCUT2D eigenvalue weighted by molar-refractivity contribution is 7.89. The van der Waals surface area contributed by atoms with Gasteiger partial charge >= 0.3 is 0 Å². The molecule has 2 aromatic carbocycles. The average molecular weight is 391 g/mol. The molecule has 3 rings (SSSR count). The number of hydrogen-bond donors (Lipinski definition) is 3. The van der Waals surface area contributed by atoms with E-state index < -0.39 is 22.0 Å². The number of sulfonamides is 1. The van der Waals surface area contributed by atoms with Crippen LogP contribution in [0.3, 0.4) is 0 Å². The summed E-state index contributed by atoms with van der Waals surface area (Å²) in [5.41, 5.74) is 2.92. The molecule has 0 saturated heterocycles. The number of fused-ring (bicyclic) bond motifs is 1. The minimum Gasteiger partial charge on any atom is -0.489 e. The number of benzene rings is 2. The van der Waals surface area contributed by atoms with Crippen molar-refractivity contribution in [1.82, 2.24) is 9.79 Å². The van der Waals surface area contributed by atoms with Crippen molar-refractivity contribution in [3.8, 4) is 5.75 Å². The standard InChI is InChI=1S/C18H21N3O5S/c1-13(18(22)20-23)21-10-9-19-16-11-15(7-8-17(16)27(21,24)25)26-12-14-5-3-2-4-6-14/h2-8,11,13,19,23H,9-10,12H2,1H3,(H,20,22)/t13-/m1/s1. The second-order valence-electron chi connectivity index (χ2n) is 6.13. The van der Waals surface area contributed by atoms with Gasteiger partial charge in [-0.25, -0.2) is 13.9 Å². The van der Waals surface area contributed by atoms with E-state index in [1.165, 1.54) is 18.5 Å². The molecule has 1 aliphatic heterocycles. The number of anilines is 1. The van der Waals surface area contributed by atoms with Gasteiger partial charge in [0.15, 0.2) is 0 Å². The van der Waals surface area contributed by atoms with Crippen LogP contribution in [-0.4, -0.2) is 43.0 Å². The molecule has 144 valence electrons. The quantitative estimate of drug-likeness (QED) is 0.528. The molecule has 0 bridgehead atoms. The predicted molar refractivity (Wildman–Crippen MR) is 99.0 cm³/mol. The molecule has 1 aliphatic rings. The van der Waals surface area contributed by atoms with Gasteiger partial charge in [0.1, 0.15) is 23.3 Å². The topological polar surface area (TPSA) is 108 Å². The van der Waals surface area contributed by atoms with Crippen molar-refractivity contribution in [2.24, 2.45) is 0 Å². The van der Waals surface area contributed by atoms with E-state index >= 15 is 0 Å². The van der Waals surface area contributed by atoms with Crippen molar-refractivity contribution in [2.75, 3.05) is 18.4 Å². The van der Waals surface area contributed by atoms with E-state index in [1.54, 1.807) is 12.1 Å². The summed E-state index contributed by atoms with van der Waals surface area (Å²) in [5, 5.41) is 11.9. The highest BCUT2D eigenvalue weighted by Gasteiger charge is 2.36. The van der Waals surface area contributed by atoms with Gasteiger partial charge in [-0.1, -0.05) is 30.3 Å². The number of ether oxygens (including phenoxy) is 1. The summed E-state index contributed by atoms with van der Waals surface area (Å²) in [7, 11) is -3.91. The van der Waals surface area contributed by atoms with E-state index in [-0.39, 0.29) is 11.4 Å². The number of nitrogens with zero attached hydrogens (tertiary/aromatic N) is 1. The molecular weight excluding hydrogens is 370 g/mol. The van der Waals surface area contributed by atoms with Crippen LogP contribution in [0.2, 0.25) is 0 Å². The Morgan fingerprint density at radius 2 is 2.04 bits per heavy atom. The highest BCUT2D eigenvalue weighted by atomic mass is 32.2. The summed E-state index contributed by atoms with van der Waals surface area (Å²) in [6.45, 7) is 2.20. The van der Waals surface area contributed by atoms with Crippen molar-refractivity contribution >= 4 is 21.6 Å². The number of carbonyl (C=O) groups is 1. The number of carbonyl (C=O) groups excluding carboxylic acids is 1. The molecule has 3 N–H and O–H groups in total. The van der Waals surface area contributed by atoms with Gasteiger partial charge in [0.05, 0.1) is 5.69 Å². The van der Waals surface area contributed by atoms with Crippen LogP contribution in [-0.2, 0) is 21.4 Å². The summed E-state index contributed by atoms with van der Waals surface area (Å²) < 4.78 is 32.7. The van der Waals surface area contributed by atoms with Crippen LogP contribution < -0.4 is 15.5 Å². The van der Waals surface area contributed by atoms with Crippen LogP contribution in [0, 0.1) is 0 Å². The average Bonchev–Trinajstić information content (AvgIpc) is 2.81. The molecule has 27 heavy (non-hydrogen) atoms. The Kier molecular flexibility index (Phi) is 5.64. The number of hydrogen-bond acceptors (Lipinski definition) is 6. The Morgan fingerprint density at radius 1 is 1.30 bits per heavy atom. The zero-order valence-electron chi connectivity index (χ0n) is 14.8. The van der Waals surface area contributed by atoms with E-state index in [4.69, 9.17) is 9.94 Å². The molecule has 0 aromatic heterocycles. The van der Waals surface area contributed by atoms with Crippen LogP contribution in [0.5, 0.6) is 5.75 Å². The summed E-state index contributed by atoms with van der Waals surface area (Å²) in [4.78, 5) is 11.7. The Balaban J connectivity index is 1.84. The van der Waals surface area contributed by atoms with E-state index in [1.807, 2.05) is 30.3 Å². The van der Waals surface area contributed by atoms with Crippen LogP contribution in [0.15, 0.2) is 53.4 Å². The second kappa shape index (κ2) is 7.95. The third kappa shape index (κ3) is 4.05. The first-order valence-electron chi connectivity index (χ1n) is 8.44. The van der Waals surface area contributed by atoms with Crippen LogP contribution in [0.1, 0.15) is 12.5 Å². The summed E-state index contributed by atoms with van der Waals surface area (Å²) >= 11 is 0. The minimum atomic E-state index is -3.91. The normalized spacial score (nSPS) is 17.1. The smallest absolute Gasteiger partial charge is 0.261 e. The van der Waals surface area contributed by atoms with Gasteiger partial charge in [-0.2, -0.15) is 4.31 Å². The van der Waals surface area contributed by atoms with Gasteiger partial charge in [-0.05, 0) is 24.6 Å². The zero-order valence-corrected chi connectivity index (χ0v) is 15.6. The molecule has 1 heterocycles. The lowest BCUT2D eigenvalue weighted by Gasteiger charge is -2.24. The molecule has 0 spiro atoms. The van der Waals surface area contributed by atoms with Crippen LogP contribution in [0.25, 0.3) is 0 Å². The lowest BCUT2D eigenvalue weighted by atomic mass is 10.2. The van der Waals surface area contributed by atoms with Crippen molar-refractivity contribution in [3.63, 3.8) is 0 Å². The van der Waals surface area contributed by atoms with Crippen LogP contribution >= 0.6 is 0 Å². The zero-order chi connectivity index (χ0) is 19.4. The van der Waals surface area contributed by atoms with Crippen molar-refractivity contribution in [1.29, 1.82) is 0 Å².